The zero-order valence-electron chi connectivity index (χ0n) is 15.0. The molecule has 2 amide bonds. The Morgan fingerprint density at radius 1 is 1.19 bits per heavy atom. The first kappa shape index (κ1) is 18.5. The lowest BCUT2D eigenvalue weighted by atomic mass is 10.1. The lowest BCUT2D eigenvalue weighted by Crippen LogP contribution is -2.27. The van der Waals surface area contributed by atoms with Crippen LogP contribution in [0.25, 0.3) is 0 Å². The highest BCUT2D eigenvalue weighted by atomic mass is 32.2. The number of hydrogen-bond donors (Lipinski definition) is 1. The predicted octanol–water partition coefficient (Wildman–Crippen LogP) is 3.79. The van der Waals surface area contributed by atoms with Gasteiger partial charge in [-0.3, -0.25) is 9.59 Å². The number of amides is 2. The monoisotopic (exact) mass is 368 g/mol. The van der Waals surface area contributed by atoms with Gasteiger partial charge in [-0.25, -0.2) is 0 Å². The molecule has 136 valence electrons. The summed E-state index contributed by atoms with van der Waals surface area (Å²) < 4.78 is 0. The van der Waals surface area contributed by atoms with E-state index in [-0.39, 0.29) is 11.8 Å². The molecule has 0 radical (unpaired) electrons. The fourth-order valence-electron chi connectivity index (χ4n) is 2.95. The topological polar surface area (TPSA) is 49.4 Å². The molecule has 4 nitrogen and oxygen atoms in total. The number of carbonyl (C=O) groups is 2. The quantitative estimate of drug-likeness (QED) is 0.757. The first-order chi connectivity index (χ1) is 12.6. The molecule has 0 aliphatic carbocycles. The van der Waals surface area contributed by atoms with Crippen LogP contribution in [0.2, 0.25) is 0 Å². The Kier molecular flexibility index (Phi) is 6.34. The third kappa shape index (κ3) is 4.88. The van der Waals surface area contributed by atoms with Gasteiger partial charge in [-0.1, -0.05) is 35.9 Å². The maximum atomic E-state index is 12.3. The number of aryl methyl sites for hydroxylation is 1. The Morgan fingerprint density at radius 3 is 2.73 bits per heavy atom. The minimum absolute atomic E-state index is 0.0885. The summed E-state index contributed by atoms with van der Waals surface area (Å²) in [5, 5.41) is 2.96. The Bertz CT molecular complexity index is 774. The molecule has 0 spiro atoms. The maximum Gasteiger partial charge on any atom is 0.251 e. The number of anilines is 1. The summed E-state index contributed by atoms with van der Waals surface area (Å²) >= 11 is 1.81. The van der Waals surface area contributed by atoms with Gasteiger partial charge in [0.25, 0.3) is 5.91 Å². The molecule has 5 heteroatoms. The molecule has 1 aliphatic heterocycles. The van der Waals surface area contributed by atoms with E-state index < -0.39 is 0 Å². The summed E-state index contributed by atoms with van der Waals surface area (Å²) in [6.45, 7) is 3.45. The van der Waals surface area contributed by atoms with E-state index in [1.807, 2.05) is 12.1 Å². The SMILES string of the molecule is Cc1ccc(CSCCNC(=O)c2cccc(N3CCCC3=O)c2)cc1. The van der Waals surface area contributed by atoms with Crippen LogP contribution >= 0.6 is 11.8 Å². The van der Waals surface area contributed by atoms with E-state index in [0.717, 1.165) is 30.2 Å². The van der Waals surface area contributed by atoms with Gasteiger partial charge in [-0.05, 0) is 37.1 Å². The van der Waals surface area contributed by atoms with Crippen LogP contribution in [-0.2, 0) is 10.5 Å². The van der Waals surface area contributed by atoms with Crippen LogP contribution in [0.3, 0.4) is 0 Å². The normalized spacial score (nSPS) is 13.9. The van der Waals surface area contributed by atoms with E-state index in [9.17, 15) is 9.59 Å². The summed E-state index contributed by atoms with van der Waals surface area (Å²) in [6, 6.07) is 15.8. The molecule has 2 aromatic carbocycles. The largest absolute Gasteiger partial charge is 0.351 e. The highest BCUT2D eigenvalue weighted by Crippen LogP contribution is 2.22. The van der Waals surface area contributed by atoms with Crippen LogP contribution in [0.1, 0.15) is 34.3 Å². The number of nitrogens with zero attached hydrogens (tertiary/aromatic N) is 1. The van der Waals surface area contributed by atoms with Crippen LogP contribution in [0, 0.1) is 6.92 Å². The summed E-state index contributed by atoms with van der Waals surface area (Å²) in [5.74, 6) is 1.86. The smallest absolute Gasteiger partial charge is 0.251 e. The molecule has 26 heavy (non-hydrogen) atoms. The first-order valence-electron chi connectivity index (χ1n) is 8.95. The van der Waals surface area contributed by atoms with E-state index in [1.54, 1.807) is 28.8 Å². The molecule has 1 aliphatic rings. The minimum atomic E-state index is -0.0885. The van der Waals surface area contributed by atoms with Crippen molar-refractivity contribution < 1.29 is 9.59 Å². The molecule has 1 N–H and O–H groups in total. The summed E-state index contributed by atoms with van der Waals surface area (Å²) in [7, 11) is 0. The van der Waals surface area contributed by atoms with Crippen molar-refractivity contribution in [2.75, 3.05) is 23.7 Å². The molecule has 0 saturated carbocycles. The van der Waals surface area contributed by atoms with E-state index in [2.05, 4.69) is 36.5 Å². The Labute approximate surface area is 159 Å². The number of carbonyl (C=O) groups excluding carboxylic acids is 2. The molecule has 0 atom stereocenters. The van der Waals surface area contributed by atoms with Gasteiger partial charge in [0, 0.05) is 42.3 Å². The predicted molar refractivity (Wildman–Crippen MR) is 108 cm³/mol. The zero-order valence-corrected chi connectivity index (χ0v) is 15.8. The van der Waals surface area contributed by atoms with Crippen molar-refractivity contribution in [1.29, 1.82) is 0 Å². The van der Waals surface area contributed by atoms with Crippen LogP contribution in [-0.4, -0.2) is 30.7 Å². The van der Waals surface area contributed by atoms with Gasteiger partial charge in [0.05, 0.1) is 0 Å². The van der Waals surface area contributed by atoms with Gasteiger partial charge >= 0.3 is 0 Å². The number of hydrogen-bond acceptors (Lipinski definition) is 3. The number of thioether (sulfide) groups is 1. The fraction of sp³-hybridized carbons (Fsp3) is 0.333. The zero-order chi connectivity index (χ0) is 18.4. The second-order valence-electron chi connectivity index (χ2n) is 6.49. The maximum absolute atomic E-state index is 12.3. The average Bonchev–Trinajstić information content (AvgIpc) is 3.09. The Morgan fingerprint density at radius 2 is 2.00 bits per heavy atom. The second-order valence-corrected chi connectivity index (χ2v) is 7.60. The van der Waals surface area contributed by atoms with Crippen LogP contribution in [0.15, 0.2) is 48.5 Å². The first-order valence-corrected chi connectivity index (χ1v) is 10.1. The number of nitrogens with one attached hydrogen (secondary N) is 1. The van der Waals surface area contributed by atoms with Crippen molar-refractivity contribution in [1.82, 2.24) is 5.32 Å². The Balaban J connectivity index is 1.44. The molecule has 0 aromatic heterocycles. The van der Waals surface area contributed by atoms with Crippen LogP contribution in [0.4, 0.5) is 5.69 Å². The highest BCUT2D eigenvalue weighted by Gasteiger charge is 2.22. The molecule has 3 rings (SSSR count). The summed E-state index contributed by atoms with van der Waals surface area (Å²) in [5.41, 5.74) is 3.98. The standard InChI is InChI=1S/C21H24N2O2S/c1-16-7-9-17(10-8-16)15-26-13-11-22-21(25)18-4-2-5-19(14-18)23-12-3-6-20(23)24/h2,4-5,7-10,14H,3,6,11-13,15H2,1H3,(H,22,25). The molecule has 2 aromatic rings. The van der Waals surface area contributed by atoms with Gasteiger partial charge in [-0.15, -0.1) is 0 Å². The summed E-state index contributed by atoms with van der Waals surface area (Å²) in [4.78, 5) is 26.0. The van der Waals surface area contributed by atoms with E-state index in [4.69, 9.17) is 0 Å². The van der Waals surface area contributed by atoms with Crippen molar-refractivity contribution in [3.63, 3.8) is 0 Å². The van der Waals surface area contributed by atoms with E-state index in [1.165, 1.54) is 11.1 Å². The van der Waals surface area contributed by atoms with Crippen molar-refractivity contribution in [2.24, 2.45) is 0 Å². The van der Waals surface area contributed by atoms with Gasteiger partial charge < -0.3 is 10.2 Å². The Hall–Kier alpha value is -2.27. The van der Waals surface area contributed by atoms with Gasteiger partial charge in [0.15, 0.2) is 0 Å². The molecule has 1 heterocycles. The van der Waals surface area contributed by atoms with Crippen molar-refractivity contribution in [2.45, 2.75) is 25.5 Å². The average molecular weight is 369 g/mol. The highest BCUT2D eigenvalue weighted by molar-refractivity contribution is 7.98. The van der Waals surface area contributed by atoms with Crippen molar-refractivity contribution in [3.8, 4) is 0 Å². The lowest BCUT2D eigenvalue weighted by molar-refractivity contribution is -0.117. The van der Waals surface area contributed by atoms with Gasteiger partial charge in [-0.2, -0.15) is 11.8 Å². The molecule has 1 saturated heterocycles. The molecular formula is C21H24N2O2S. The fourth-order valence-corrected chi connectivity index (χ4v) is 3.77. The van der Waals surface area contributed by atoms with E-state index in [0.29, 0.717) is 18.5 Å². The number of benzene rings is 2. The third-order valence-electron chi connectivity index (χ3n) is 4.41. The summed E-state index contributed by atoms with van der Waals surface area (Å²) in [6.07, 6.45) is 1.47. The molecule has 0 unspecified atom stereocenters. The van der Waals surface area contributed by atoms with Gasteiger partial charge in [0.1, 0.15) is 0 Å². The second kappa shape index (κ2) is 8.90. The lowest BCUT2D eigenvalue weighted by Gasteiger charge is -2.16. The number of rotatable bonds is 7. The van der Waals surface area contributed by atoms with Gasteiger partial charge in [0.2, 0.25) is 5.91 Å². The van der Waals surface area contributed by atoms with Crippen molar-refractivity contribution in [3.05, 3.63) is 65.2 Å². The van der Waals surface area contributed by atoms with Crippen molar-refractivity contribution >= 4 is 29.3 Å². The molecular weight excluding hydrogens is 344 g/mol. The minimum Gasteiger partial charge on any atom is -0.351 e. The van der Waals surface area contributed by atoms with Crippen LogP contribution < -0.4 is 10.2 Å². The molecule has 0 bridgehead atoms. The molecule has 1 fully saturated rings. The van der Waals surface area contributed by atoms with Crippen LogP contribution in [0.5, 0.6) is 0 Å². The third-order valence-corrected chi connectivity index (χ3v) is 5.44. The van der Waals surface area contributed by atoms with E-state index >= 15 is 0 Å².